The van der Waals surface area contributed by atoms with Crippen LogP contribution in [0.3, 0.4) is 0 Å². The summed E-state index contributed by atoms with van der Waals surface area (Å²) in [6, 6.07) is 2.00. The molecule has 1 rings (SSSR count). The first-order chi connectivity index (χ1) is 14.0. The van der Waals surface area contributed by atoms with Crippen molar-refractivity contribution < 1.29 is 39.6 Å². The second-order valence-corrected chi connectivity index (χ2v) is 9.73. The van der Waals surface area contributed by atoms with Gasteiger partial charge in [-0.2, -0.15) is 26.3 Å². The Bertz CT molecular complexity index is 580. The van der Waals surface area contributed by atoms with Crippen molar-refractivity contribution >= 4 is 8.80 Å². The van der Waals surface area contributed by atoms with E-state index in [9.17, 15) is 26.3 Å². The maximum absolute atomic E-state index is 13.0. The predicted molar refractivity (Wildman–Crippen MR) is 104 cm³/mol. The molecule has 0 amide bonds. The molecule has 0 saturated heterocycles. The zero-order chi connectivity index (χ0) is 22.8. The van der Waals surface area contributed by atoms with Crippen LogP contribution in [-0.2, 0) is 32.1 Å². The summed E-state index contributed by atoms with van der Waals surface area (Å²) < 4.78 is 96.0. The second-order valence-electron chi connectivity index (χ2n) is 7.00. The van der Waals surface area contributed by atoms with Gasteiger partial charge in [0, 0.05) is 25.9 Å². The molecule has 0 atom stereocenters. The fraction of sp³-hybridized carbons (Fsp3) is 0.700. The number of hydrogen-bond donors (Lipinski definition) is 0. The van der Waals surface area contributed by atoms with Gasteiger partial charge in [-0.05, 0) is 55.9 Å². The zero-order valence-electron chi connectivity index (χ0n) is 17.6. The molecule has 0 unspecified atom stereocenters. The van der Waals surface area contributed by atoms with Crippen LogP contribution >= 0.6 is 0 Å². The van der Waals surface area contributed by atoms with Crippen LogP contribution < -0.4 is 0 Å². The van der Waals surface area contributed by atoms with Gasteiger partial charge in [0.1, 0.15) is 0 Å². The minimum Gasteiger partial charge on any atom is -0.373 e. The average molecular weight is 461 g/mol. The molecule has 0 aliphatic heterocycles. The van der Waals surface area contributed by atoms with Crippen molar-refractivity contribution in [2.45, 2.75) is 71.3 Å². The van der Waals surface area contributed by atoms with E-state index in [1.165, 1.54) is 0 Å². The van der Waals surface area contributed by atoms with Gasteiger partial charge in [-0.1, -0.05) is 20.8 Å². The molecule has 0 bridgehead atoms. The van der Waals surface area contributed by atoms with E-state index in [0.29, 0.717) is 32.3 Å². The van der Waals surface area contributed by atoms with Crippen molar-refractivity contribution in [3.63, 3.8) is 0 Å². The van der Waals surface area contributed by atoms with Crippen molar-refractivity contribution in [1.82, 2.24) is 0 Å². The van der Waals surface area contributed by atoms with Crippen molar-refractivity contribution in [1.29, 1.82) is 0 Å². The van der Waals surface area contributed by atoms with E-state index >= 15 is 0 Å². The van der Waals surface area contributed by atoms with E-state index in [0.717, 1.165) is 31.4 Å². The molecule has 0 aromatic heterocycles. The van der Waals surface area contributed by atoms with Crippen LogP contribution in [0, 0.1) is 0 Å². The zero-order valence-corrected chi connectivity index (χ0v) is 18.6. The summed E-state index contributed by atoms with van der Waals surface area (Å²) in [6.45, 7) is 7.05. The molecule has 30 heavy (non-hydrogen) atoms. The van der Waals surface area contributed by atoms with E-state index < -0.39 is 32.3 Å². The van der Waals surface area contributed by atoms with E-state index in [4.69, 9.17) is 13.3 Å². The van der Waals surface area contributed by atoms with Crippen molar-refractivity contribution in [3.05, 3.63) is 34.9 Å². The third-order valence-corrected chi connectivity index (χ3v) is 7.07. The average Bonchev–Trinajstić information content (AvgIpc) is 2.67. The normalized spacial score (nSPS) is 13.1. The summed E-state index contributed by atoms with van der Waals surface area (Å²) >= 11 is 0. The highest BCUT2D eigenvalue weighted by Gasteiger charge is 2.41. The largest absolute Gasteiger partial charge is 0.500 e. The van der Waals surface area contributed by atoms with E-state index in [2.05, 4.69) is 0 Å². The van der Waals surface area contributed by atoms with Gasteiger partial charge < -0.3 is 13.3 Å². The van der Waals surface area contributed by atoms with Crippen LogP contribution in [0.4, 0.5) is 26.3 Å². The van der Waals surface area contributed by atoms with Gasteiger partial charge in [0.2, 0.25) is 0 Å². The minimum absolute atomic E-state index is 0.0264. The Labute approximate surface area is 175 Å². The lowest BCUT2D eigenvalue weighted by Crippen LogP contribution is -2.46. The van der Waals surface area contributed by atoms with Crippen LogP contribution in [0.5, 0.6) is 0 Å². The Kier molecular flexibility index (Phi) is 10.8. The highest BCUT2D eigenvalue weighted by Crippen LogP contribution is 2.36. The molecule has 0 saturated carbocycles. The summed E-state index contributed by atoms with van der Waals surface area (Å²) in [5.74, 6) is 0. The molecular weight excluding hydrogens is 430 g/mol. The number of hydrogen-bond acceptors (Lipinski definition) is 3. The van der Waals surface area contributed by atoms with Crippen molar-refractivity contribution in [3.8, 4) is 0 Å². The summed E-state index contributed by atoms with van der Waals surface area (Å²) in [5, 5.41) is 0. The molecule has 0 heterocycles. The van der Waals surface area contributed by atoms with Gasteiger partial charge in [0.05, 0.1) is 11.1 Å². The Hall–Kier alpha value is -1.10. The molecule has 0 fully saturated rings. The molecule has 0 N–H and O–H groups in total. The van der Waals surface area contributed by atoms with Crippen molar-refractivity contribution in [2.75, 3.05) is 19.8 Å². The van der Waals surface area contributed by atoms with E-state index in [-0.39, 0.29) is 18.1 Å². The Balaban J connectivity index is 3.02. The first kappa shape index (κ1) is 26.9. The van der Waals surface area contributed by atoms with Gasteiger partial charge in [0.15, 0.2) is 0 Å². The molecule has 0 radical (unpaired) electrons. The van der Waals surface area contributed by atoms with Gasteiger partial charge in [-0.3, -0.25) is 0 Å². The maximum Gasteiger partial charge on any atom is 0.500 e. The Morgan fingerprint density at radius 1 is 0.700 bits per heavy atom. The molecular formula is C20H30F6O3Si. The smallest absolute Gasteiger partial charge is 0.373 e. The molecule has 174 valence electrons. The minimum atomic E-state index is -4.85. The maximum atomic E-state index is 13.0. The van der Waals surface area contributed by atoms with Crippen LogP contribution in [0.15, 0.2) is 18.2 Å². The number of benzene rings is 1. The number of halogens is 6. The lowest BCUT2D eigenvalue weighted by molar-refractivity contribution is -0.143. The molecule has 1 aromatic carbocycles. The third-order valence-electron chi connectivity index (χ3n) is 4.17. The Morgan fingerprint density at radius 3 is 1.43 bits per heavy atom. The van der Waals surface area contributed by atoms with E-state index in [1.807, 2.05) is 20.8 Å². The first-order valence-electron chi connectivity index (χ1n) is 10.2. The van der Waals surface area contributed by atoms with Crippen LogP contribution in [0.1, 0.15) is 63.1 Å². The van der Waals surface area contributed by atoms with Crippen LogP contribution in [0.2, 0.25) is 6.04 Å². The fourth-order valence-electron chi connectivity index (χ4n) is 2.79. The lowest BCUT2D eigenvalue weighted by atomic mass is 10.0. The molecule has 0 aliphatic carbocycles. The summed E-state index contributed by atoms with van der Waals surface area (Å²) in [4.78, 5) is 0. The molecule has 3 nitrogen and oxygen atoms in total. The van der Waals surface area contributed by atoms with Crippen LogP contribution in [0.25, 0.3) is 0 Å². The molecule has 0 aliphatic rings. The lowest BCUT2D eigenvalue weighted by Gasteiger charge is -2.29. The molecule has 0 spiro atoms. The van der Waals surface area contributed by atoms with Gasteiger partial charge in [0.25, 0.3) is 0 Å². The second kappa shape index (κ2) is 12.1. The quantitative estimate of drug-likeness (QED) is 0.237. The van der Waals surface area contributed by atoms with Crippen LogP contribution in [-0.4, -0.2) is 28.6 Å². The number of alkyl halides is 6. The van der Waals surface area contributed by atoms with Gasteiger partial charge in [-0.15, -0.1) is 0 Å². The SMILES string of the molecule is CCCO[Si](CCCc1cc(C(F)(F)F)cc(C(F)(F)F)c1)(OCCC)OCCC. The van der Waals surface area contributed by atoms with Crippen molar-refractivity contribution in [2.24, 2.45) is 0 Å². The summed E-state index contributed by atoms with van der Waals surface area (Å²) in [7, 11) is -3.06. The third kappa shape index (κ3) is 8.95. The number of rotatable bonds is 13. The highest BCUT2D eigenvalue weighted by molar-refractivity contribution is 6.60. The standard InChI is InChI=1S/C20H30F6O3Si/c1-4-9-27-30(28-10-5-2,29-11-6-3)12-7-8-16-13-17(19(21,22)23)15-18(14-16)20(24,25)26/h13-15H,4-12H2,1-3H3. The fourth-order valence-corrected chi connectivity index (χ4v) is 5.63. The van der Waals surface area contributed by atoms with Gasteiger partial charge in [-0.25, -0.2) is 0 Å². The summed E-state index contributed by atoms with van der Waals surface area (Å²) in [5.41, 5.74) is -2.63. The monoisotopic (exact) mass is 460 g/mol. The first-order valence-corrected chi connectivity index (χ1v) is 12.1. The summed E-state index contributed by atoms with van der Waals surface area (Å²) in [6.07, 6.45) is -7.17. The molecule has 1 aromatic rings. The van der Waals surface area contributed by atoms with E-state index in [1.54, 1.807) is 0 Å². The molecule has 10 heteroatoms. The topological polar surface area (TPSA) is 27.7 Å². The van der Waals surface area contributed by atoms with Gasteiger partial charge >= 0.3 is 21.2 Å². The predicted octanol–water partition coefficient (Wildman–Crippen LogP) is 6.88. The highest BCUT2D eigenvalue weighted by atomic mass is 28.4. The Morgan fingerprint density at radius 2 is 1.10 bits per heavy atom. The number of aryl methyl sites for hydroxylation is 1.